The predicted molar refractivity (Wildman–Crippen MR) is 127 cm³/mol. The van der Waals surface area contributed by atoms with E-state index in [-0.39, 0.29) is 39.7 Å². The van der Waals surface area contributed by atoms with Crippen LogP contribution in [0.15, 0.2) is 59.1 Å². The van der Waals surface area contributed by atoms with E-state index >= 15 is 0 Å². The second kappa shape index (κ2) is 7.83. The molecular weight excluding hydrogens is 450 g/mol. The smallest absolute Gasteiger partial charge is 0.255 e. The highest BCUT2D eigenvalue weighted by atomic mass is 19.1. The minimum Gasteiger partial charge on any atom is -0.437 e. The molecule has 2 aromatic carbocycles. The van der Waals surface area contributed by atoms with Gasteiger partial charge in [0.1, 0.15) is 17.4 Å². The largest absolute Gasteiger partial charge is 0.437 e. The van der Waals surface area contributed by atoms with Gasteiger partial charge in [-0.1, -0.05) is 6.07 Å². The zero-order valence-electron chi connectivity index (χ0n) is 19.0. The van der Waals surface area contributed by atoms with Crippen molar-refractivity contribution in [2.75, 3.05) is 7.05 Å². The molecule has 0 aliphatic heterocycles. The molecule has 0 spiro atoms. The third-order valence-electron chi connectivity index (χ3n) is 7.41. The van der Waals surface area contributed by atoms with Crippen molar-refractivity contribution in [2.45, 2.75) is 25.7 Å². The van der Waals surface area contributed by atoms with Gasteiger partial charge in [0, 0.05) is 30.8 Å². The standard InChI is InChI=1S/C28H22F2N2O3/c1-31-26(34)24-21-9-18(14-32-27(21)35-25(24)16-2-5-19(29)6-3-16)17-4-7-22(30)20(8-17)23(33)13-28-10-15(11-28)12-28/h2-9,14-15H,10-13H2,1H3,(H,31,34). The van der Waals surface area contributed by atoms with Gasteiger partial charge in [0.25, 0.3) is 5.91 Å². The van der Waals surface area contributed by atoms with E-state index in [0.717, 1.165) is 25.2 Å². The van der Waals surface area contributed by atoms with E-state index in [1.807, 2.05) is 0 Å². The number of pyridine rings is 1. The van der Waals surface area contributed by atoms with E-state index < -0.39 is 11.6 Å². The fourth-order valence-electron chi connectivity index (χ4n) is 5.52. The Morgan fingerprint density at radius 3 is 2.40 bits per heavy atom. The number of halogens is 2. The molecule has 1 amide bonds. The summed E-state index contributed by atoms with van der Waals surface area (Å²) < 4.78 is 33.9. The van der Waals surface area contributed by atoms with Crippen LogP contribution in [0.4, 0.5) is 8.78 Å². The minimum absolute atomic E-state index is 0.0815. The molecule has 2 bridgehead atoms. The van der Waals surface area contributed by atoms with Crippen molar-refractivity contribution >= 4 is 22.8 Å². The SMILES string of the molecule is CNC(=O)c1c(-c2ccc(F)cc2)oc2ncc(-c3ccc(F)c(C(=O)CC45CC(C4)C5)c3)cc12. The number of hydrogen-bond donors (Lipinski definition) is 1. The number of carbonyl (C=O) groups excluding carboxylic acids is 2. The minimum atomic E-state index is -0.535. The number of carbonyl (C=O) groups is 2. The van der Waals surface area contributed by atoms with Crippen molar-refractivity contribution in [1.82, 2.24) is 10.3 Å². The Kier molecular flexibility index (Phi) is 4.85. The molecule has 35 heavy (non-hydrogen) atoms. The van der Waals surface area contributed by atoms with Crippen molar-refractivity contribution in [3.05, 3.63) is 77.5 Å². The predicted octanol–water partition coefficient (Wildman–Crippen LogP) is 6.17. The first-order chi connectivity index (χ1) is 16.9. The summed E-state index contributed by atoms with van der Waals surface area (Å²) in [7, 11) is 1.51. The highest BCUT2D eigenvalue weighted by Crippen LogP contribution is 2.66. The number of aromatic nitrogens is 1. The maximum Gasteiger partial charge on any atom is 0.255 e. The average molecular weight is 472 g/mol. The van der Waals surface area contributed by atoms with E-state index in [4.69, 9.17) is 4.42 Å². The number of rotatable bonds is 6. The number of Topliss-reactive ketones (excluding diaryl/α,β-unsaturated/α-hetero) is 1. The van der Waals surface area contributed by atoms with E-state index in [1.165, 1.54) is 37.4 Å². The Hall–Kier alpha value is -3.87. The van der Waals surface area contributed by atoms with Gasteiger partial charge in [-0.05, 0) is 78.6 Å². The molecule has 3 aliphatic carbocycles. The number of hydrogen-bond acceptors (Lipinski definition) is 4. The lowest BCUT2D eigenvalue weighted by Crippen LogP contribution is -2.52. The van der Waals surface area contributed by atoms with Gasteiger partial charge in [0.15, 0.2) is 5.78 Å². The molecule has 7 rings (SSSR count). The van der Waals surface area contributed by atoms with Crippen LogP contribution in [-0.4, -0.2) is 23.7 Å². The summed E-state index contributed by atoms with van der Waals surface area (Å²) in [6.45, 7) is 0. The number of nitrogens with one attached hydrogen (secondary N) is 1. The van der Waals surface area contributed by atoms with Gasteiger partial charge in [0.05, 0.1) is 16.5 Å². The number of fused-ring (bicyclic) bond motifs is 1. The number of furan rings is 1. The fourth-order valence-corrected chi connectivity index (χ4v) is 5.52. The maximum atomic E-state index is 14.6. The van der Waals surface area contributed by atoms with Crippen LogP contribution in [0, 0.1) is 23.0 Å². The molecule has 0 radical (unpaired) electrons. The number of amides is 1. The molecule has 5 nitrogen and oxygen atoms in total. The lowest BCUT2D eigenvalue weighted by molar-refractivity contribution is -0.103. The molecule has 3 fully saturated rings. The highest BCUT2D eigenvalue weighted by Gasteiger charge is 2.57. The molecule has 0 atom stereocenters. The Bertz CT molecular complexity index is 1490. The third kappa shape index (κ3) is 3.53. The third-order valence-corrected chi connectivity index (χ3v) is 7.41. The molecule has 2 heterocycles. The molecular formula is C28H22F2N2O3. The molecule has 1 N–H and O–H groups in total. The maximum absolute atomic E-state index is 14.6. The quantitative estimate of drug-likeness (QED) is 0.341. The lowest BCUT2D eigenvalue weighted by atomic mass is 9.43. The molecule has 7 heteroatoms. The van der Waals surface area contributed by atoms with E-state index in [1.54, 1.807) is 24.4 Å². The molecule has 2 aromatic heterocycles. The zero-order valence-corrected chi connectivity index (χ0v) is 19.0. The molecule has 0 saturated heterocycles. The van der Waals surface area contributed by atoms with Gasteiger partial charge in [0.2, 0.25) is 5.71 Å². The summed E-state index contributed by atoms with van der Waals surface area (Å²) in [5.74, 6) is -0.464. The number of ketones is 1. The Labute approximate surface area is 200 Å². The lowest BCUT2D eigenvalue weighted by Gasteiger charge is -2.62. The summed E-state index contributed by atoms with van der Waals surface area (Å²) in [4.78, 5) is 30.1. The van der Waals surface area contributed by atoms with Crippen LogP contribution in [0.1, 0.15) is 46.4 Å². The zero-order chi connectivity index (χ0) is 24.3. The van der Waals surface area contributed by atoms with Gasteiger partial charge in [-0.25, -0.2) is 13.8 Å². The second-order valence-corrected chi connectivity index (χ2v) is 9.74. The van der Waals surface area contributed by atoms with Crippen LogP contribution in [0.2, 0.25) is 0 Å². The van der Waals surface area contributed by atoms with Crippen molar-refractivity contribution < 1.29 is 22.8 Å². The van der Waals surface area contributed by atoms with E-state index in [9.17, 15) is 18.4 Å². The molecule has 4 aromatic rings. The normalized spacial score (nSPS) is 20.3. The molecule has 3 aliphatic rings. The highest BCUT2D eigenvalue weighted by molar-refractivity contribution is 6.11. The summed E-state index contributed by atoms with van der Waals surface area (Å²) in [6, 6.07) is 11.8. The summed E-state index contributed by atoms with van der Waals surface area (Å²) in [5, 5.41) is 3.08. The monoisotopic (exact) mass is 472 g/mol. The van der Waals surface area contributed by atoms with Crippen LogP contribution in [-0.2, 0) is 0 Å². The Morgan fingerprint density at radius 2 is 1.74 bits per heavy atom. The van der Waals surface area contributed by atoms with Gasteiger partial charge >= 0.3 is 0 Å². The number of benzene rings is 2. The first kappa shape index (κ1) is 21.6. The Balaban J connectivity index is 1.41. The first-order valence-corrected chi connectivity index (χ1v) is 11.6. The van der Waals surface area contributed by atoms with Crippen molar-refractivity contribution in [1.29, 1.82) is 0 Å². The van der Waals surface area contributed by atoms with Crippen LogP contribution >= 0.6 is 0 Å². The first-order valence-electron chi connectivity index (χ1n) is 11.6. The average Bonchev–Trinajstić information content (AvgIpc) is 3.19. The van der Waals surface area contributed by atoms with E-state index in [0.29, 0.717) is 28.5 Å². The van der Waals surface area contributed by atoms with Gasteiger partial charge in [-0.15, -0.1) is 0 Å². The van der Waals surface area contributed by atoms with Crippen LogP contribution in [0.5, 0.6) is 0 Å². The summed E-state index contributed by atoms with van der Waals surface area (Å²) in [5.41, 5.74) is 2.45. The summed E-state index contributed by atoms with van der Waals surface area (Å²) in [6.07, 6.45) is 5.15. The van der Waals surface area contributed by atoms with Crippen molar-refractivity contribution in [3.8, 4) is 22.5 Å². The van der Waals surface area contributed by atoms with Gasteiger partial charge in [-0.3, -0.25) is 9.59 Å². The number of nitrogens with zero attached hydrogens (tertiary/aromatic N) is 1. The molecule has 3 saturated carbocycles. The van der Waals surface area contributed by atoms with Crippen LogP contribution in [0.25, 0.3) is 33.6 Å². The van der Waals surface area contributed by atoms with Crippen molar-refractivity contribution in [3.63, 3.8) is 0 Å². The van der Waals surface area contributed by atoms with Crippen LogP contribution in [0.3, 0.4) is 0 Å². The van der Waals surface area contributed by atoms with E-state index in [2.05, 4.69) is 10.3 Å². The van der Waals surface area contributed by atoms with Gasteiger partial charge < -0.3 is 9.73 Å². The van der Waals surface area contributed by atoms with Crippen molar-refractivity contribution in [2.24, 2.45) is 11.3 Å². The van der Waals surface area contributed by atoms with Gasteiger partial charge in [-0.2, -0.15) is 0 Å². The molecule has 176 valence electrons. The topological polar surface area (TPSA) is 72.2 Å². The molecule has 0 unspecified atom stereocenters. The Morgan fingerprint density at radius 1 is 1.03 bits per heavy atom. The summed E-state index contributed by atoms with van der Waals surface area (Å²) >= 11 is 0. The second-order valence-electron chi connectivity index (χ2n) is 9.74. The fraction of sp³-hybridized carbons (Fsp3) is 0.250. The van der Waals surface area contributed by atoms with Crippen LogP contribution < -0.4 is 5.32 Å².